The highest BCUT2D eigenvalue weighted by atomic mass is 15.1. The van der Waals surface area contributed by atoms with Crippen LogP contribution in [0.1, 0.15) is 25.0 Å². The lowest BCUT2D eigenvalue weighted by Crippen LogP contribution is -2.16. The molecule has 0 N–H and O–H groups in total. The van der Waals surface area contributed by atoms with Gasteiger partial charge in [-0.1, -0.05) is 190 Å². The van der Waals surface area contributed by atoms with Crippen LogP contribution < -0.4 is 4.90 Å². The van der Waals surface area contributed by atoms with Crippen LogP contribution in [0.3, 0.4) is 0 Å². The van der Waals surface area contributed by atoms with E-state index in [4.69, 9.17) is 0 Å². The minimum Gasteiger partial charge on any atom is -0.309 e. The minimum atomic E-state index is -0.142. The summed E-state index contributed by atoms with van der Waals surface area (Å²) in [6.07, 6.45) is 0. The number of anilines is 3. The fourth-order valence-electron chi connectivity index (χ4n) is 8.81. The number of hydrogen-bond acceptors (Lipinski definition) is 1. The van der Waals surface area contributed by atoms with Crippen LogP contribution in [0.25, 0.3) is 66.4 Å². The first-order valence-electron chi connectivity index (χ1n) is 19.5. The Hall–Kier alpha value is -6.96. The average Bonchev–Trinajstić information content (AvgIpc) is 3.50. The zero-order valence-corrected chi connectivity index (χ0v) is 31.7. The normalized spacial score (nSPS) is 12.6. The zero-order valence-electron chi connectivity index (χ0n) is 31.7. The lowest BCUT2D eigenvalue weighted by atomic mass is 9.81. The van der Waals surface area contributed by atoms with E-state index >= 15 is 0 Å². The maximum absolute atomic E-state index is 2.49. The summed E-state index contributed by atoms with van der Waals surface area (Å²) in [5.74, 6) is 0. The van der Waals surface area contributed by atoms with Gasteiger partial charge in [-0.2, -0.15) is 0 Å². The van der Waals surface area contributed by atoms with Crippen molar-refractivity contribution in [3.63, 3.8) is 0 Å². The topological polar surface area (TPSA) is 3.24 Å². The molecule has 0 fully saturated rings. The van der Waals surface area contributed by atoms with E-state index in [1.807, 2.05) is 0 Å². The Morgan fingerprint density at radius 3 is 1.48 bits per heavy atom. The van der Waals surface area contributed by atoms with E-state index in [2.05, 4.69) is 231 Å². The Morgan fingerprint density at radius 1 is 0.339 bits per heavy atom. The van der Waals surface area contributed by atoms with Crippen molar-refractivity contribution < 1.29 is 0 Å². The van der Waals surface area contributed by atoms with Crippen LogP contribution in [-0.4, -0.2) is 0 Å². The van der Waals surface area contributed by atoms with Gasteiger partial charge in [0.2, 0.25) is 0 Å². The van der Waals surface area contributed by atoms with Crippen LogP contribution in [0.2, 0.25) is 0 Å². The fraction of sp³-hybridized carbons (Fsp3) is 0.0545. The monoisotopic (exact) mass is 715 g/mol. The van der Waals surface area contributed by atoms with E-state index < -0.39 is 0 Å². The molecule has 10 rings (SSSR count). The van der Waals surface area contributed by atoms with Gasteiger partial charge < -0.3 is 4.90 Å². The molecule has 0 saturated carbocycles. The number of rotatable bonds is 7. The van der Waals surface area contributed by atoms with Crippen LogP contribution >= 0.6 is 0 Å². The summed E-state index contributed by atoms with van der Waals surface area (Å²) in [6.45, 7) is 4.74. The van der Waals surface area contributed by atoms with E-state index in [9.17, 15) is 0 Å². The summed E-state index contributed by atoms with van der Waals surface area (Å²) >= 11 is 0. The Bertz CT molecular complexity index is 2840. The van der Waals surface area contributed by atoms with Crippen LogP contribution in [-0.2, 0) is 5.41 Å². The van der Waals surface area contributed by atoms with Crippen molar-refractivity contribution in [1.29, 1.82) is 0 Å². The molecule has 1 heteroatoms. The van der Waals surface area contributed by atoms with E-state index in [0.29, 0.717) is 0 Å². The first kappa shape index (κ1) is 33.6. The van der Waals surface area contributed by atoms with Gasteiger partial charge >= 0.3 is 0 Å². The van der Waals surface area contributed by atoms with E-state index in [-0.39, 0.29) is 5.41 Å². The summed E-state index contributed by atoms with van der Waals surface area (Å²) in [6, 6.07) is 77.5. The van der Waals surface area contributed by atoms with E-state index in [1.165, 1.54) is 83.2 Å². The quantitative estimate of drug-likeness (QED) is 0.159. The molecule has 56 heavy (non-hydrogen) atoms. The third-order valence-electron chi connectivity index (χ3n) is 11.7. The van der Waals surface area contributed by atoms with E-state index in [0.717, 1.165) is 11.4 Å². The molecule has 9 aromatic rings. The average molecular weight is 716 g/mol. The Kier molecular flexibility index (Phi) is 8.23. The third kappa shape index (κ3) is 5.72. The Morgan fingerprint density at radius 2 is 0.821 bits per heavy atom. The van der Waals surface area contributed by atoms with Crippen LogP contribution in [0.4, 0.5) is 17.1 Å². The highest BCUT2D eigenvalue weighted by Gasteiger charge is 2.39. The molecule has 0 aliphatic heterocycles. The van der Waals surface area contributed by atoms with Gasteiger partial charge in [0.15, 0.2) is 0 Å². The van der Waals surface area contributed by atoms with Gasteiger partial charge in [-0.3, -0.25) is 0 Å². The van der Waals surface area contributed by atoms with Crippen molar-refractivity contribution in [3.8, 4) is 55.6 Å². The highest BCUT2D eigenvalue weighted by Crippen LogP contribution is 2.56. The molecule has 9 aromatic carbocycles. The SMILES string of the molecule is CC1(C)c2ccccc2-c2c1cc1ccccc1c2N(c1ccc(-c2ccccc2)cc1)c1ccc(-c2ccc(-c3ccccc3)cc2-c2ccccc2)cc1. The van der Waals surface area contributed by atoms with Crippen LogP contribution in [0.5, 0.6) is 0 Å². The molecule has 0 radical (unpaired) electrons. The molecule has 0 amide bonds. The van der Waals surface area contributed by atoms with Crippen molar-refractivity contribution in [2.75, 3.05) is 4.90 Å². The molecule has 0 atom stereocenters. The molecule has 0 unspecified atom stereocenters. The van der Waals surface area contributed by atoms with Gasteiger partial charge in [0.05, 0.1) is 5.69 Å². The summed E-state index contributed by atoms with van der Waals surface area (Å²) in [5.41, 5.74) is 18.3. The summed E-state index contributed by atoms with van der Waals surface area (Å²) in [5, 5.41) is 2.48. The lowest BCUT2D eigenvalue weighted by Gasteiger charge is -2.31. The molecular weight excluding hydrogens is 675 g/mol. The second kappa shape index (κ2) is 13.7. The second-order valence-electron chi connectivity index (χ2n) is 15.3. The minimum absolute atomic E-state index is 0.142. The van der Waals surface area contributed by atoms with Crippen LogP contribution in [0.15, 0.2) is 212 Å². The summed E-state index contributed by atoms with van der Waals surface area (Å²) in [7, 11) is 0. The van der Waals surface area contributed by atoms with Gasteiger partial charge in [0.1, 0.15) is 0 Å². The van der Waals surface area contributed by atoms with Gasteiger partial charge in [-0.05, 0) is 103 Å². The maximum Gasteiger partial charge on any atom is 0.0621 e. The third-order valence-corrected chi connectivity index (χ3v) is 11.7. The largest absolute Gasteiger partial charge is 0.309 e. The van der Waals surface area contributed by atoms with Gasteiger partial charge in [-0.25, -0.2) is 0 Å². The van der Waals surface area contributed by atoms with Gasteiger partial charge in [-0.15, -0.1) is 0 Å². The van der Waals surface area contributed by atoms with Gasteiger partial charge in [0.25, 0.3) is 0 Å². The van der Waals surface area contributed by atoms with Crippen molar-refractivity contribution in [2.45, 2.75) is 19.3 Å². The molecular formula is C55H41N. The first-order chi connectivity index (χ1) is 27.5. The lowest BCUT2D eigenvalue weighted by molar-refractivity contribution is 0.661. The number of benzene rings is 9. The Balaban J connectivity index is 1.17. The maximum atomic E-state index is 2.49. The summed E-state index contributed by atoms with van der Waals surface area (Å²) in [4.78, 5) is 2.49. The second-order valence-corrected chi connectivity index (χ2v) is 15.3. The van der Waals surface area contributed by atoms with Gasteiger partial charge in [0, 0.05) is 27.7 Å². The first-order valence-corrected chi connectivity index (χ1v) is 19.5. The van der Waals surface area contributed by atoms with Crippen molar-refractivity contribution >= 4 is 27.8 Å². The molecule has 0 spiro atoms. The molecule has 266 valence electrons. The molecule has 1 nitrogen and oxygen atoms in total. The van der Waals surface area contributed by atoms with Crippen molar-refractivity contribution in [3.05, 3.63) is 223 Å². The molecule has 1 aliphatic rings. The van der Waals surface area contributed by atoms with Crippen molar-refractivity contribution in [1.82, 2.24) is 0 Å². The van der Waals surface area contributed by atoms with E-state index in [1.54, 1.807) is 0 Å². The molecule has 0 saturated heterocycles. The molecule has 0 heterocycles. The molecule has 0 aromatic heterocycles. The predicted molar refractivity (Wildman–Crippen MR) is 238 cm³/mol. The number of hydrogen-bond donors (Lipinski definition) is 0. The fourth-order valence-corrected chi connectivity index (χ4v) is 8.81. The number of fused-ring (bicyclic) bond motifs is 4. The summed E-state index contributed by atoms with van der Waals surface area (Å²) < 4.78 is 0. The van der Waals surface area contributed by atoms with Crippen LogP contribution in [0, 0.1) is 0 Å². The smallest absolute Gasteiger partial charge is 0.0621 e. The number of nitrogens with zero attached hydrogens (tertiary/aromatic N) is 1. The van der Waals surface area contributed by atoms with Crippen molar-refractivity contribution in [2.24, 2.45) is 0 Å². The standard InChI is InChI=1S/C55H41N/c1-55(2)51-25-15-14-24-49(51)53-52(55)37-44-22-12-13-23-48(44)54(53)56(45-31-26-40(27-32-45)38-16-6-3-7-17-38)46-33-28-42(29-34-46)47-35-30-43(39-18-8-4-9-19-39)36-50(47)41-20-10-5-11-21-41/h3-37H,1-2H3. The molecule has 0 bridgehead atoms. The zero-order chi connectivity index (χ0) is 37.6. The Labute approximate surface area is 329 Å². The molecule has 1 aliphatic carbocycles. The highest BCUT2D eigenvalue weighted by molar-refractivity contribution is 6.10. The predicted octanol–water partition coefficient (Wildman–Crippen LogP) is 15.3.